The number of hydrogen-bond acceptors (Lipinski definition) is 2. The summed E-state index contributed by atoms with van der Waals surface area (Å²) in [5.41, 5.74) is 8.81. The van der Waals surface area contributed by atoms with E-state index in [9.17, 15) is 0 Å². The average Bonchev–Trinajstić information content (AvgIpc) is 2.76. The summed E-state index contributed by atoms with van der Waals surface area (Å²) in [5, 5.41) is 1.36. The Kier molecular flexibility index (Phi) is 3.32. The van der Waals surface area contributed by atoms with Gasteiger partial charge in [-0.3, -0.25) is 0 Å². The van der Waals surface area contributed by atoms with E-state index < -0.39 is 0 Å². The van der Waals surface area contributed by atoms with E-state index in [1.165, 1.54) is 0 Å². The van der Waals surface area contributed by atoms with Gasteiger partial charge in [0.15, 0.2) is 0 Å². The minimum atomic E-state index is 0.0252. The zero-order valence-electron chi connectivity index (χ0n) is 10.8. The molecule has 2 aromatic carbocycles. The normalized spacial score (nSPS) is 12.8. The van der Waals surface area contributed by atoms with E-state index in [-0.39, 0.29) is 6.04 Å². The van der Waals surface area contributed by atoms with Crippen LogP contribution in [0.4, 0.5) is 5.95 Å². The first kappa shape index (κ1) is 13.3. The Hall–Kier alpha value is -1.71. The van der Waals surface area contributed by atoms with Crippen molar-refractivity contribution in [1.82, 2.24) is 9.55 Å². The SMILES string of the molecule is CC(c1ccc(Cl)cc1)n1c(N)nc2cccc(Cl)c21. The van der Waals surface area contributed by atoms with Crippen LogP contribution in [-0.2, 0) is 0 Å². The molecule has 0 amide bonds. The summed E-state index contributed by atoms with van der Waals surface area (Å²) in [7, 11) is 0. The van der Waals surface area contributed by atoms with Crippen LogP contribution in [0.25, 0.3) is 11.0 Å². The molecule has 0 fully saturated rings. The minimum absolute atomic E-state index is 0.0252. The summed E-state index contributed by atoms with van der Waals surface area (Å²) in [6.45, 7) is 2.06. The van der Waals surface area contributed by atoms with E-state index in [1.807, 2.05) is 47.0 Å². The molecule has 0 aliphatic rings. The summed E-state index contributed by atoms with van der Waals surface area (Å²) < 4.78 is 1.95. The number of para-hydroxylation sites is 1. The number of rotatable bonds is 2. The molecular formula is C15H13Cl2N3. The first-order valence-electron chi connectivity index (χ1n) is 6.25. The Labute approximate surface area is 126 Å². The zero-order valence-corrected chi connectivity index (χ0v) is 12.4. The Morgan fingerprint density at radius 3 is 2.50 bits per heavy atom. The minimum Gasteiger partial charge on any atom is -0.369 e. The molecule has 1 atom stereocenters. The summed E-state index contributed by atoms with van der Waals surface area (Å²) in [4.78, 5) is 4.37. The largest absolute Gasteiger partial charge is 0.369 e. The molecule has 0 bridgehead atoms. The molecule has 0 radical (unpaired) electrons. The van der Waals surface area contributed by atoms with Gasteiger partial charge in [-0.15, -0.1) is 0 Å². The van der Waals surface area contributed by atoms with Gasteiger partial charge in [0.2, 0.25) is 5.95 Å². The third kappa shape index (κ3) is 2.13. The van der Waals surface area contributed by atoms with E-state index in [0.29, 0.717) is 16.0 Å². The van der Waals surface area contributed by atoms with Gasteiger partial charge in [0.25, 0.3) is 0 Å². The van der Waals surface area contributed by atoms with Gasteiger partial charge in [0.1, 0.15) is 0 Å². The molecule has 0 saturated heterocycles. The maximum absolute atomic E-state index is 6.29. The number of hydrogen-bond donors (Lipinski definition) is 1. The van der Waals surface area contributed by atoms with Crippen LogP contribution in [0.5, 0.6) is 0 Å². The molecule has 20 heavy (non-hydrogen) atoms. The van der Waals surface area contributed by atoms with Crippen LogP contribution < -0.4 is 5.73 Å². The lowest BCUT2D eigenvalue weighted by molar-refractivity contribution is 0.668. The molecule has 1 aromatic heterocycles. The van der Waals surface area contributed by atoms with Crippen molar-refractivity contribution in [2.24, 2.45) is 0 Å². The van der Waals surface area contributed by atoms with Gasteiger partial charge < -0.3 is 10.3 Å². The first-order chi connectivity index (χ1) is 9.58. The summed E-state index contributed by atoms with van der Waals surface area (Å²) in [6, 6.07) is 13.3. The van der Waals surface area contributed by atoms with Gasteiger partial charge in [-0.05, 0) is 36.8 Å². The number of nitrogen functional groups attached to an aromatic ring is 1. The maximum Gasteiger partial charge on any atom is 0.201 e. The predicted octanol–water partition coefficient (Wildman–Crippen LogP) is 4.53. The van der Waals surface area contributed by atoms with Crippen molar-refractivity contribution in [3.63, 3.8) is 0 Å². The summed E-state index contributed by atoms with van der Waals surface area (Å²) in [6.07, 6.45) is 0. The van der Waals surface area contributed by atoms with E-state index in [2.05, 4.69) is 11.9 Å². The molecule has 1 heterocycles. The van der Waals surface area contributed by atoms with Crippen molar-refractivity contribution >= 4 is 40.2 Å². The zero-order chi connectivity index (χ0) is 14.3. The third-order valence-electron chi connectivity index (χ3n) is 3.43. The topological polar surface area (TPSA) is 43.8 Å². The Morgan fingerprint density at radius 2 is 1.80 bits per heavy atom. The van der Waals surface area contributed by atoms with Gasteiger partial charge in [-0.1, -0.05) is 41.4 Å². The smallest absolute Gasteiger partial charge is 0.201 e. The second kappa shape index (κ2) is 5.00. The number of halogens is 2. The average molecular weight is 306 g/mol. The lowest BCUT2D eigenvalue weighted by atomic mass is 10.1. The van der Waals surface area contributed by atoms with Gasteiger partial charge in [-0.2, -0.15) is 0 Å². The van der Waals surface area contributed by atoms with Crippen LogP contribution in [0.2, 0.25) is 10.0 Å². The monoisotopic (exact) mass is 305 g/mol. The Balaban J connectivity index is 2.18. The molecule has 5 heteroatoms. The van der Waals surface area contributed by atoms with Gasteiger partial charge in [0.05, 0.1) is 22.1 Å². The number of nitrogens with two attached hydrogens (primary N) is 1. The van der Waals surface area contributed by atoms with Crippen molar-refractivity contribution in [1.29, 1.82) is 0 Å². The lowest BCUT2D eigenvalue weighted by Crippen LogP contribution is -2.10. The number of benzene rings is 2. The summed E-state index contributed by atoms with van der Waals surface area (Å²) in [5.74, 6) is 0.454. The first-order valence-corrected chi connectivity index (χ1v) is 7.01. The highest BCUT2D eigenvalue weighted by Crippen LogP contribution is 2.31. The molecule has 3 aromatic rings. The predicted molar refractivity (Wildman–Crippen MR) is 84.4 cm³/mol. The molecule has 102 valence electrons. The van der Waals surface area contributed by atoms with E-state index in [4.69, 9.17) is 28.9 Å². The molecular weight excluding hydrogens is 293 g/mol. The number of fused-ring (bicyclic) bond motifs is 1. The maximum atomic E-state index is 6.29. The van der Waals surface area contributed by atoms with Crippen molar-refractivity contribution in [3.8, 4) is 0 Å². The number of nitrogens with zero attached hydrogens (tertiary/aromatic N) is 2. The molecule has 3 rings (SSSR count). The van der Waals surface area contributed by atoms with Gasteiger partial charge in [-0.25, -0.2) is 4.98 Å². The van der Waals surface area contributed by atoms with Gasteiger partial charge >= 0.3 is 0 Å². The standard InChI is InChI=1S/C15H13Cl2N3/c1-9(10-5-7-11(16)8-6-10)20-14-12(17)3-2-4-13(14)19-15(20)18/h2-9H,1H3,(H2,18,19). The Bertz CT molecular complexity index is 763. The van der Waals surface area contributed by atoms with Crippen LogP contribution in [0.3, 0.4) is 0 Å². The van der Waals surface area contributed by atoms with Crippen molar-refractivity contribution in [2.45, 2.75) is 13.0 Å². The second-order valence-corrected chi connectivity index (χ2v) is 5.52. The molecule has 0 aliphatic heterocycles. The quantitative estimate of drug-likeness (QED) is 0.755. The molecule has 0 saturated carbocycles. The highest BCUT2D eigenvalue weighted by molar-refractivity contribution is 6.35. The number of imidazole rings is 1. The van der Waals surface area contributed by atoms with Gasteiger partial charge in [0, 0.05) is 5.02 Å². The van der Waals surface area contributed by atoms with Crippen LogP contribution in [-0.4, -0.2) is 9.55 Å². The van der Waals surface area contributed by atoms with E-state index in [1.54, 1.807) is 0 Å². The van der Waals surface area contributed by atoms with Crippen molar-refractivity contribution < 1.29 is 0 Å². The Morgan fingerprint density at radius 1 is 1.10 bits per heavy atom. The van der Waals surface area contributed by atoms with E-state index in [0.717, 1.165) is 16.6 Å². The number of aromatic nitrogens is 2. The van der Waals surface area contributed by atoms with Crippen LogP contribution >= 0.6 is 23.2 Å². The second-order valence-electron chi connectivity index (χ2n) is 4.68. The fourth-order valence-corrected chi connectivity index (χ4v) is 2.79. The fourth-order valence-electron chi connectivity index (χ4n) is 2.41. The molecule has 2 N–H and O–H groups in total. The molecule has 0 spiro atoms. The number of anilines is 1. The highest BCUT2D eigenvalue weighted by atomic mass is 35.5. The molecule has 3 nitrogen and oxygen atoms in total. The lowest BCUT2D eigenvalue weighted by Gasteiger charge is -2.17. The fraction of sp³-hybridized carbons (Fsp3) is 0.133. The molecule has 1 unspecified atom stereocenters. The highest BCUT2D eigenvalue weighted by Gasteiger charge is 2.17. The van der Waals surface area contributed by atoms with Crippen LogP contribution in [0.15, 0.2) is 42.5 Å². The van der Waals surface area contributed by atoms with Crippen molar-refractivity contribution in [3.05, 3.63) is 58.1 Å². The van der Waals surface area contributed by atoms with Crippen LogP contribution in [0.1, 0.15) is 18.5 Å². The third-order valence-corrected chi connectivity index (χ3v) is 3.98. The summed E-state index contributed by atoms with van der Waals surface area (Å²) >= 11 is 12.2. The van der Waals surface area contributed by atoms with Crippen LogP contribution in [0, 0.1) is 0 Å². The van der Waals surface area contributed by atoms with E-state index >= 15 is 0 Å². The van der Waals surface area contributed by atoms with Crippen molar-refractivity contribution in [2.75, 3.05) is 5.73 Å². The molecule has 0 aliphatic carbocycles.